The van der Waals surface area contributed by atoms with E-state index in [2.05, 4.69) is 10.6 Å². The molecule has 0 aromatic heterocycles. The lowest BCUT2D eigenvalue weighted by molar-refractivity contribution is -0.116. The molecule has 0 spiro atoms. The topological polar surface area (TPSA) is 68.8 Å². The molecule has 30 heavy (non-hydrogen) atoms. The highest BCUT2D eigenvalue weighted by Gasteiger charge is 2.16. The van der Waals surface area contributed by atoms with Crippen molar-refractivity contribution in [3.05, 3.63) is 78.4 Å². The second kappa shape index (κ2) is 9.22. The summed E-state index contributed by atoms with van der Waals surface area (Å²) >= 11 is 0. The number of fused-ring (bicyclic) bond motifs is 1. The van der Waals surface area contributed by atoms with Crippen molar-refractivity contribution in [1.29, 1.82) is 0 Å². The van der Waals surface area contributed by atoms with Gasteiger partial charge in [-0.05, 0) is 48.9 Å². The number of rotatable bonds is 7. The number of nitrogens with one attached hydrogen (secondary N) is 2. The average molecular weight is 404 g/mol. The van der Waals surface area contributed by atoms with Gasteiger partial charge in [-0.2, -0.15) is 0 Å². The lowest BCUT2D eigenvalue weighted by atomic mass is 10.2. The summed E-state index contributed by atoms with van der Waals surface area (Å²) in [6.07, 6.45) is 0. The second-order valence-corrected chi connectivity index (χ2v) is 7.01. The summed E-state index contributed by atoms with van der Waals surface area (Å²) in [6, 6.07) is 22.5. The molecule has 0 bridgehead atoms. The molecule has 6 nitrogen and oxygen atoms in total. The van der Waals surface area contributed by atoms with Crippen LogP contribution in [-0.4, -0.2) is 25.2 Å². The highest BCUT2D eigenvalue weighted by atomic mass is 16.6. The molecule has 0 radical (unpaired) electrons. The number of carbonyl (C=O) groups is 1. The van der Waals surface area contributed by atoms with Crippen molar-refractivity contribution in [2.24, 2.45) is 0 Å². The molecule has 1 heterocycles. The predicted octanol–water partition coefficient (Wildman–Crippen LogP) is 4.48. The minimum absolute atomic E-state index is 0.143. The van der Waals surface area contributed by atoms with Gasteiger partial charge in [0.05, 0.1) is 0 Å². The minimum Gasteiger partial charge on any atom is -0.489 e. The Hall–Kier alpha value is -3.67. The van der Waals surface area contributed by atoms with E-state index in [4.69, 9.17) is 14.2 Å². The van der Waals surface area contributed by atoms with Gasteiger partial charge in [-0.1, -0.05) is 30.3 Å². The zero-order chi connectivity index (χ0) is 20.8. The summed E-state index contributed by atoms with van der Waals surface area (Å²) in [6.45, 7) is 3.37. The van der Waals surface area contributed by atoms with E-state index in [1.54, 1.807) is 18.2 Å². The summed E-state index contributed by atoms with van der Waals surface area (Å²) in [5.74, 6) is 1.97. The Balaban J connectivity index is 1.29. The molecule has 0 unspecified atom stereocenters. The maximum Gasteiger partial charge on any atom is 0.246 e. The van der Waals surface area contributed by atoms with Crippen LogP contribution in [-0.2, 0) is 11.4 Å². The van der Waals surface area contributed by atoms with Gasteiger partial charge < -0.3 is 24.8 Å². The molecule has 6 heteroatoms. The smallest absolute Gasteiger partial charge is 0.246 e. The molecule has 1 aliphatic rings. The van der Waals surface area contributed by atoms with E-state index < -0.39 is 6.04 Å². The molecule has 0 saturated heterocycles. The lowest BCUT2D eigenvalue weighted by Crippen LogP contribution is -2.31. The van der Waals surface area contributed by atoms with Crippen molar-refractivity contribution in [3.8, 4) is 17.2 Å². The maximum absolute atomic E-state index is 12.5. The number of carbonyl (C=O) groups excluding carboxylic acids is 1. The number of ether oxygens (including phenoxy) is 3. The van der Waals surface area contributed by atoms with Crippen molar-refractivity contribution in [2.75, 3.05) is 23.8 Å². The normalized spacial score (nSPS) is 13.2. The van der Waals surface area contributed by atoms with Crippen LogP contribution in [0.15, 0.2) is 72.8 Å². The highest BCUT2D eigenvalue weighted by Crippen LogP contribution is 2.32. The molecular weight excluding hydrogens is 380 g/mol. The molecule has 3 aromatic carbocycles. The van der Waals surface area contributed by atoms with E-state index in [0.717, 1.165) is 17.0 Å². The van der Waals surface area contributed by atoms with Crippen LogP contribution in [0, 0.1) is 0 Å². The Morgan fingerprint density at radius 2 is 1.63 bits per heavy atom. The Morgan fingerprint density at radius 1 is 0.933 bits per heavy atom. The van der Waals surface area contributed by atoms with E-state index in [-0.39, 0.29) is 5.91 Å². The SMILES string of the molecule is C[C@@H](Nc1ccc(OCc2ccccc2)cc1)C(=O)Nc1ccc2c(c1)OCCO2. The van der Waals surface area contributed by atoms with E-state index in [1.807, 2.05) is 61.5 Å². The van der Waals surface area contributed by atoms with Gasteiger partial charge in [0.25, 0.3) is 0 Å². The maximum atomic E-state index is 12.5. The van der Waals surface area contributed by atoms with Crippen molar-refractivity contribution in [2.45, 2.75) is 19.6 Å². The van der Waals surface area contributed by atoms with E-state index in [1.165, 1.54) is 0 Å². The van der Waals surface area contributed by atoms with Gasteiger partial charge in [0.2, 0.25) is 5.91 Å². The average Bonchev–Trinajstić information content (AvgIpc) is 2.79. The van der Waals surface area contributed by atoms with Gasteiger partial charge in [0, 0.05) is 17.4 Å². The zero-order valence-corrected chi connectivity index (χ0v) is 16.8. The molecular formula is C24H24N2O4. The lowest BCUT2D eigenvalue weighted by Gasteiger charge is -2.20. The fourth-order valence-corrected chi connectivity index (χ4v) is 3.08. The van der Waals surface area contributed by atoms with Crippen LogP contribution >= 0.6 is 0 Å². The number of hydrogen-bond acceptors (Lipinski definition) is 5. The van der Waals surface area contributed by atoms with Gasteiger partial charge in [-0.3, -0.25) is 4.79 Å². The zero-order valence-electron chi connectivity index (χ0n) is 16.8. The Bertz CT molecular complexity index is 990. The van der Waals surface area contributed by atoms with Crippen LogP contribution in [0.4, 0.5) is 11.4 Å². The molecule has 154 valence electrons. The fraction of sp³-hybridized carbons (Fsp3) is 0.208. The standard InChI is InChI=1S/C24H24N2O4/c1-17(24(27)26-20-9-12-22-23(15-20)29-14-13-28-22)25-19-7-10-21(11-8-19)30-16-18-5-3-2-4-6-18/h2-12,15,17,25H,13-14,16H2,1H3,(H,26,27)/t17-/m1/s1. The summed E-state index contributed by atoms with van der Waals surface area (Å²) in [7, 11) is 0. The number of benzene rings is 3. The van der Waals surface area contributed by atoms with Crippen molar-refractivity contribution in [1.82, 2.24) is 0 Å². The van der Waals surface area contributed by atoms with Gasteiger partial charge >= 0.3 is 0 Å². The number of hydrogen-bond donors (Lipinski definition) is 2. The Labute approximate surface area is 175 Å². The highest BCUT2D eigenvalue weighted by molar-refractivity contribution is 5.96. The van der Waals surface area contributed by atoms with Gasteiger partial charge in [0.15, 0.2) is 11.5 Å². The van der Waals surface area contributed by atoms with E-state index in [0.29, 0.717) is 37.0 Å². The van der Waals surface area contributed by atoms with Crippen molar-refractivity contribution in [3.63, 3.8) is 0 Å². The third-order valence-corrected chi connectivity index (χ3v) is 4.69. The predicted molar refractivity (Wildman–Crippen MR) is 116 cm³/mol. The van der Waals surface area contributed by atoms with Crippen molar-refractivity contribution >= 4 is 17.3 Å². The Kier molecular flexibility index (Phi) is 6.03. The van der Waals surface area contributed by atoms with Gasteiger partial charge in [0.1, 0.15) is 31.6 Å². The number of amides is 1. The van der Waals surface area contributed by atoms with Crippen LogP contribution in [0.2, 0.25) is 0 Å². The van der Waals surface area contributed by atoms with E-state index >= 15 is 0 Å². The molecule has 0 fully saturated rings. The monoisotopic (exact) mass is 404 g/mol. The van der Waals surface area contributed by atoms with Gasteiger partial charge in [-0.15, -0.1) is 0 Å². The first-order chi connectivity index (χ1) is 14.7. The summed E-state index contributed by atoms with van der Waals surface area (Å²) < 4.78 is 16.9. The molecule has 1 aliphatic heterocycles. The molecule has 0 aliphatic carbocycles. The molecule has 3 aromatic rings. The molecule has 1 amide bonds. The molecule has 2 N–H and O–H groups in total. The van der Waals surface area contributed by atoms with Crippen LogP contribution in [0.5, 0.6) is 17.2 Å². The van der Waals surface area contributed by atoms with E-state index in [9.17, 15) is 4.79 Å². The Morgan fingerprint density at radius 3 is 2.40 bits per heavy atom. The first-order valence-electron chi connectivity index (χ1n) is 9.91. The number of anilines is 2. The van der Waals surface area contributed by atoms with Crippen LogP contribution < -0.4 is 24.8 Å². The first-order valence-corrected chi connectivity index (χ1v) is 9.91. The van der Waals surface area contributed by atoms with Gasteiger partial charge in [-0.25, -0.2) is 0 Å². The summed E-state index contributed by atoms with van der Waals surface area (Å²) in [5, 5.41) is 6.10. The molecule has 1 atom stereocenters. The molecule has 4 rings (SSSR count). The van der Waals surface area contributed by atoms with Crippen molar-refractivity contribution < 1.29 is 19.0 Å². The third kappa shape index (κ3) is 5.03. The second-order valence-electron chi connectivity index (χ2n) is 7.01. The molecule has 0 saturated carbocycles. The third-order valence-electron chi connectivity index (χ3n) is 4.69. The minimum atomic E-state index is -0.422. The fourth-order valence-electron chi connectivity index (χ4n) is 3.08. The van der Waals surface area contributed by atoms with Crippen LogP contribution in [0.3, 0.4) is 0 Å². The summed E-state index contributed by atoms with van der Waals surface area (Å²) in [4.78, 5) is 12.5. The summed E-state index contributed by atoms with van der Waals surface area (Å²) in [5.41, 5.74) is 2.62. The van der Waals surface area contributed by atoms with Crippen LogP contribution in [0.25, 0.3) is 0 Å². The first kappa shape index (κ1) is 19.6. The largest absolute Gasteiger partial charge is 0.489 e. The quantitative estimate of drug-likeness (QED) is 0.608. The van der Waals surface area contributed by atoms with Crippen LogP contribution in [0.1, 0.15) is 12.5 Å².